The number of hydrogen-bond donors (Lipinski definition) is 2. The predicted molar refractivity (Wildman–Crippen MR) is 92.3 cm³/mol. The number of aldehydes is 1. The van der Waals surface area contributed by atoms with Crippen molar-refractivity contribution in [3.8, 4) is 5.75 Å². The Kier molecular flexibility index (Phi) is 6.41. The molecule has 0 fully saturated rings. The number of aromatic nitrogens is 1. The number of carbonyl (C=O) groups is 2. The zero-order valence-electron chi connectivity index (χ0n) is 13.7. The van der Waals surface area contributed by atoms with Crippen LogP contribution >= 0.6 is 7.82 Å². The van der Waals surface area contributed by atoms with E-state index in [0.29, 0.717) is 6.29 Å². The van der Waals surface area contributed by atoms with Crippen molar-refractivity contribution in [1.29, 1.82) is 0 Å². The van der Waals surface area contributed by atoms with E-state index in [4.69, 9.17) is 14.5 Å². The first-order valence-electron chi connectivity index (χ1n) is 7.39. The number of aryl methyl sites for hydroxylation is 1. The Labute approximate surface area is 149 Å². The molecule has 0 aliphatic heterocycles. The zero-order chi connectivity index (χ0) is 19.2. The van der Waals surface area contributed by atoms with Crippen LogP contribution in [0.1, 0.15) is 27.2 Å². The van der Waals surface area contributed by atoms with Gasteiger partial charge in [0.1, 0.15) is 6.61 Å². The van der Waals surface area contributed by atoms with Crippen molar-refractivity contribution >= 4 is 26.2 Å². The largest absolute Gasteiger partial charge is 0.524 e. The molecule has 1 aromatic heterocycles. The minimum atomic E-state index is -4.88. The van der Waals surface area contributed by atoms with Crippen molar-refractivity contribution < 1.29 is 33.2 Å². The Balaban J connectivity index is 2.13. The molecule has 8 nitrogen and oxygen atoms in total. The number of esters is 1. The van der Waals surface area contributed by atoms with Crippen molar-refractivity contribution in [2.24, 2.45) is 0 Å². The summed E-state index contributed by atoms with van der Waals surface area (Å²) in [7, 11) is -4.88. The van der Waals surface area contributed by atoms with Gasteiger partial charge in [-0.3, -0.25) is 19.6 Å². The van der Waals surface area contributed by atoms with Gasteiger partial charge < -0.3 is 9.26 Å². The molecule has 0 spiro atoms. The summed E-state index contributed by atoms with van der Waals surface area (Å²) in [6.07, 6.45) is 4.44. The fourth-order valence-electron chi connectivity index (χ4n) is 2.05. The maximum atomic E-state index is 11.8. The minimum absolute atomic E-state index is 0.120. The van der Waals surface area contributed by atoms with E-state index in [-0.39, 0.29) is 29.2 Å². The standard InChI is InChI=1S/C17H16NO7P/c1-12-17(25-26(21,22)23)15(10-19)14(9-18-12)11-24-16(20)8-7-13-5-3-2-4-6-13/h2-10H,11H2,1H3,(H2,21,22,23). The molecule has 0 atom stereocenters. The van der Waals surface area contributed by atoms with E-state index in [0.717, 1.165) is 5.56 Å². The molecule has 26 heavy (non-hydrogen) atoms. The molecule has 136 valence electrons. The number of phosphoric ester groups is 1. The second kappa shape index (κ2) is 8.53. The molecule has 0 saturated heterocycles. The normalized spacial score (nSPS) is 11.3. The first-order valence-corrected chi connectivity index (χ1v) is 8.92. The molecule has 1 heterocycles. The molecule has 0 saturated carbocycles. The SMILES string of the molecule is Cc1ncc(COC(=O)C=Cc2ccccc2)c(C=O)c1OP(=O)(O)O. The third-order valence-electron chi connectivity index (χ3n) is 3.24. The molecule has 0 bridgehead atoms. The third kappa shape index (κ3) is 5.63. The first kappa shape index (κ1) is 19.5. The second-order valence-electron chi connectivity index (χ2n) is 5.16. The number of rotatable bonds is 7. The van der Waals surface area contributed by atoms with E-state index in [9.17, 15) is 14.2 Å². The van der Waals surface area contributed by atoms with Crippen LogP contribution in [0.25, 0.3) is 6.08 Å². The van der Waals surface area contributed by atoms with Crippen LogP contribution in [0.5, 0.6) is 5.75 Å². The Bertz CT molecular complexity index is 874. The average Bonchev–Trinajstić information content (AvgIpc) is 2.60. The highest BCUT2D eigenvalue weighted by Gasteiger charge is 2.23. The second-order valence-corrected chi connectivity index (χ2v) is 6.33. The molecule has 2 aromatic rings. The van der Waals surface area contributed by atoms with Crippen molar-refractivity contribution in [2.45, 2.75) is 13.5 Å². The predicted octanol–water partition coefficient (Wildman–Crippen LogP) is 2.43. The summed E-state index contributed by atoms with van der Waals surface area (Å²) in [6, 6.07) is 9.11. The van der Waals surface area contributed by atoms with E-state index in [1.807, 2.05) is 30.3 Å². The fraction of sp³-hybridized carbons (Fsp3) is 0.118. The van der Waals surface area contributed by atoms with Crippen LogP contribution in [0.15, 0.2) is 42.6 Å². The van der Waals surface area contributed by atoms with E-state index in [2.05, 4.69) is 9.51 Å². The van der Waals surface area contributed by atoms with Gasteiger partial charge in [0, 0.05) is 17.8 Å². The molecule has 0 aliphatic rings. The van der Waals surface area contributed by atoms with Crippen molar-refractivity contribution in [2.75, 3.05) is 0 Å². The molecule has 1 aromatic carbocycles. The zero-order valence-corrected chi connectivity index (χ0v) is 14.6. The number of carbonyl (C=O) groups excluding carboxylic acids is 2. The topological polar surface area (TPSA) is 123 Å². The molecule has 2 N–H and O–H groups in total. The lowest BCUT2D eigenvalue weighted by molar-refractivity contribution is -0.138. The Morgan fingerprint density at radius 2 is 1.96 bits per heavy atom. The molecular weight excluding hydrogens is 361 g/mol. The van der Waals surface area contributed by atoms with Gasteiger partial charge in [0.25, 0.3) is 0 Å². The van der Waals surface area contributed by atoms with Gasteiger partial charge in [0.05, 0.1) is 11.3 Å². The molecule has 0 unspecified atom stereocenters. The van der Waals surface area contributed by atoms with Gasteiger partial charge in [-0.1, -0.05) is 30.3 Å². The lowest BCUT2D eigenvalue weighted by atomic mass is 10.1. The molecular formula is C17H16NO7P. The van der Waals surface area contributed by atoms with Gasteiger partial charge in [-0.25, -0.2) is 9.36 Å². The summed E-state index contributed by atoms with van der Waals surface area (Å²) in [5.41, 5.74) is 0.956. The molecule has 2 rings (SSSR count). The molecule has 9 heteroatoms. The smallest absolute Gasteiger partial charge is 0.458 e. The van der Waals surface area contributed by atoms with Gasteiger partial charge in [-0.2, -0.15) is 0 Å². The van der Waals surface area contributed by atoms with Crippen LogP contribution in [-0.4, -0.2) is 27.0 Å². The summed E-state index contributed by atoms with van der Waals surface area (Å²) < 4.78 is 20.6. The lowest BCUT2D eigenvalue weighted by Crippen LogP contribution is -2.07. The maximum Gasteiger partial charge on any atom is 0.524 e. The van der Waals surface area contributed by atoms with Crippen LogP contribution in [0.4, 0.5) is 0 Å². The quantitative estimate of drug-likeness (QED) is 0.326. The fourth-order valence-corrected chi connectivity index (χ4v) is 2.52. The number of ether oxygens (including phenoxy) is 1. The highest BCUT2D eigenvalue weighted by atomic mass is 31.2. The summed E-state index contributed by atoms with van der Waals surface area (Å²) >= 11 is 0. The summed E-state index contributed by atoms with van der Waals surface area (Å²) in [6.45, 7) is 1.12. The van der Waals surface area contributed by atoms with Crippen LogP contribution in [0, 0.1) is 6.92 Å². The summed E-state index contributed by atoms with van der Waals surface area (Å²) in [5, 5.41) is 0. The van der Waals surface area contributed by atoms with Gasteiger partial charge in [0.15, 0.2) is 12.0 Å². The number of nitrogens with zero attached hydrogens (tertiary/aromatic N) is 1. The van der Waals surface area contributed by atoms with E-state index < -0.39 is 13.8 Å². The monoisotopic (exact) mass is 377 g/mol. The minimum Gasteiger partial charge on any atom is -0.458 e. The lowest BCUT2D eigenvalue weighted by Gasteiger charge is -2.14. The van der Waals surface area contributed by atoms with Gasteiger partial charge >= 0.3 is 13.8 Å². The summed E-state index contributed by atoms with van der Waals surface area (Å²) in [4.78, 5) is 44.9. The molecule has 0 radical (unpaired) electrons. The van der Waals surface area contributed by atoms with Crippen molar-refractivity contribution in [3.63, 3.8) is 0 Å². The number of hydrogen-bond acceptors (Lipinski definition) is 6. The van der Waals surface area contributed by atoms with Crippen LogP contribution in [0.2, 0.25) is 0 Å². The maximum absolute atomic E-state index is 11.8. The Hall–Kier alpha value is -2.80. The van der Waals surface area contributed by atoms with Gasteiger partial charge in [0.2, 0.25) is 0 Å². The number of phosphoric acid groups is 1. The van der Waals surface area contributed by atoms with E-state index >= 15 is 0 Å². The Morgan fingerprint density at radius 3 is 2.58 bits per heavy atom. The molecule has 0 aliphatic carbocycles. The number of pyridine rings is 1. The third-order valence-corrected chi connectivity index (χ3v) is 3.66. The van der Waals surface area contributed by atoms with E-state index in [1.165, 1.54) is 19.2 Å². The van der Waals surface area contributed by atoms with Crippen molar-refractivity contribution in [1.82, 2.24) is 4.98 Å². The first-order chi connectivity index (χ1) is 12.3. The van der Waals surface area contributed by atoms with Crippen LogP contribution < -0.4 is 4.52 Å². The highest BCUT2D eigenvalue weighted by molar-refractivity contribution is 7.46. The molecule has 0 amide bonds. The van der Waals surface area contributed by atoms with Gasteiger partial charge in [-0.15, -0.1) is 0 Å². The van der Waals surface area contributed by atoms with Gasteiger partial charge in [-0.05, 0) is 18.6 Å². The van der Waals surface area contributed by atoms with E-state index in [1.54, 1.807) is 6.08 Å². The average molecular weight is 377 g/mol. The van der Waals surface area contributed by atoms with Crippen LogP contribution in [-0.2, 0) is 20.7 Å². The summed E-state index contributed by atoms with van der Waals surface area (Å²) in [5.74, 6) is -0.995. The highest BCUT2D eigenvalue weighted by Crippen LogP contribution is 2.40. The van der Waals surface area contributed by atoms with Crippen molar-refractivity contribution in [3.05, 3.63) is 65.0 Å². The van der Waals surface area contributed by atoms with Crippen LogP contribution in [0.3, 0.4) is 0 Å². The number of benzene rings is 1. The Morgan fingerprint density at radius 1 is 1.27 bits per heavy atom.